The van der Waals surface area contributed by atoms with Gasteiger partial charge in [-0.2, -0.15) is 0 Å². The number of nitrogen functional groups attached to an aromatic ring is 1. The van der Waals surface area contributed by atoms with Gasteiger partial charge in [0.25, 0.3) is 0 Å². The zero-order valence-electron chi connectivity index (χ0n) is 12.4. The minimum Gasteiger partial charge on any atom is -0.398 e. The average molecular weight is 283 g/mol. The van der Waals surface area contributed by atoms with Gasteiger partial charge in [-0.3, -0.25) is 0 Å². The highest BCUT2D eigenvalue weighted by Gasteiger charge is 2.29. The summed E-state index contributed by atoms with van der Waals surface area (Å²) in [5, 5.41) is 8.78. The quantitative estimate of drug-likeness (QED) is 0.878. The molecule has 0 spiro atoms. The van der Waals surface area contributed by atoms with Crippen molar-refractivity contribution in [2.75, 3.05) is 17.2 Å². The monoisotopic (exact) mass is 283 g/mol. The Labute approximate surface area is 124 Å². The fraction of sp³-hybridized carbons (Fsp3) is 0.500. The van der Waals surface area contributed by atoms with Gasteiger partial charge in [0.2, 0.25) is 0 Å². The Hall–Kier alpha value is -2.04. The number of hydrogen-bond donors (Lipinski definition) is 1. The molecule has 2 heterocycles. The first kappa shape index (κ1) is 12.7. The Kier molecular flexibility index (Phi) is 2.87. The number of fused-ring (bicyclic) bond motifs is 1. The molecule has 2 N–H and O–H groups in total. The topological polar surface area (TPSA) is 60.0 Å². The van der Waals surface area contributed by atoms with E-state index in [1.165, 1.54) is 24.1 Å². The minimum atomic E-state index is 0.639. The molecular formula is C16H21N5. The first-order chi connectivity index (χ1) is 10.2. The second kappa shape index (κ2) is 4.76. The number of hydrogen-bond acceptors (Lipinski definition) is 4. The molecule has 1 aromatic carbocycles. The molecule has 1 fully saturated rings. The zero-order valence-corrected chi connectivity index (χ0v) is 12.4. The first-order valence-electron chi connectivity index (χ1n) is 7.74. The third-order valence-electron chi connectivity index (χ3n) is 4.66. The lowest BCUT2D eigenvalue weighted by atomic mass is 10.00. The number of benzene rings is 1. The lowest BCUT2D eigenvalue weighted by molar-refractivity contribution is 0.651. The molecule has 1 aliphatic carbocycles. The highest BCUT2D eigenvalue weighted by atomic mass is 15.3. The Morgan fingerprint density at radius 1 is 1.29 bits per heavy atom. The van der Waals surface area contributed by atoms with E-state index >= 15 is 0 Å². The summed E-state index contributed by atoms with van der Waals surface area (Å²) in [7, 11) is 2.09. The molecule has 5 nitrogen and oxygen atoms in total. The van der Waals surface area contributed by atoms with Crippen molar-refractivity contribution in [1.82, 2.24) is 14.8 Å². The third kappa shape index (κ3) is 2.17. The molecule has 1 saturated carbocycles. The summed E-state index contributed by atoms with van der Waals surface area (Å²) < 4.78 is 2.18. The van der Waals surface area contributed by atoms with Gasteiger partial charge >= 0.3 is 0 Å². The molecule has 0 bridgehead atoms. The summed E-state index contributed by atoms with van der Waals surface area (Å²) in [5.74, 6) is 2.84. The van der Waals surface area contributed by atoms with E-state index < -0.39 is 0 Å². The summed E-state index contributed by atoms with van der Waals surface area (Å²) in [6, 6.07) is 6.21. The standard InChI is InChI=1S/C16H21N5/c1-20-15(18-19-16(20)11-7-8-11)10-21-9-3-4-12-13(17)5-2-6-14(12)21/h2,5-6,11H,3-4,7-10,17H2,1H3. The Morgan fingerprint density at radius 2 is 2.14 bits per heavy atom. The molecule has 1 aliphatic heterocycles. The van der Waals surface area contributed by atoms with Crippen LogP contribution in [0.15, 0.2) is 18.2 Å². The Morgan fingerprint density at radius 3 is 2.95 bits per heavy atom. The van der Waals surface area contributed by atoms with Crippen molar-refractivity contribution in [3.05, 3.63) is 35.4 Å². The highest BCUT2D eigenvalue weighted by molar-refractivity contribution is 5.66. The summed E-state index contributed by atoms with van der Waals surface area (Å²) in [6.45, 7) is 1.87. The van der Waals surface area contributed by atoms with Gasteiger partial charge in [-0.1, -0.05) is 6.07 Å². The molecule has 0 unspecified atom stereocenters. The number of anilines is 2. The molecule has 5 heteroatoms. The van der Waals surface area contributed by atoms with Gasteiger partial charge in [-0.15, -0.1) is 10.2 Å². The molecule has 4 rings (SSSR count). The van der Waals surface area contributed by atoms with Crippen molar-refractivity contribution >= 4 is 11.4 Å². The molecular weight excluding hydrogens is 262 g/mol. The van der Waals surface area contributed by atoms with Gasteiger partial charge in [-0.25, -0.2) is 0 Å². The van der Waals surface area contributed by atoms with E-state index in [-0.39, 0.29) is 0 Å². The number of nitrogens with zero attached hydrogens (tertiary/aromatic N) is 4. The van der Waals surface area contributed by atoms with Gasteiger partial charge < -0.3 is 15.2 Å². The minimum absolute atomic E-state index is 0.639. The van der Waals surface area contributed by atoms with Crippen molar-refractivity contribution in [3.8, 4) is 0 Å². The van der Waals surface area contributed by atoms with Crippen LogP contribution in [0.5, 0.6) is 0 Å². The van der Waals surface area contributed by atoms with E-state index in [0.717, 1.165) is 43.3 Å². The van der Waals surface area contributed by atoms with Gasteiger partial charge in [0.05, 0.1) is 6.54 Å². The molecule has 21 heavy (non-hydrogen) atoms. The highest BCUT2D eigenvalue weighted by Crippen LogP contribution is 2.39. The lowest BCUT2D eigenvalue weighted by Crippen LogP contribution is -2.30. The number of nitrogens with two attached hydrogens (primary N) is 1. The van der Waals surface area contributed by atoms with E-state index in [1.807, 2.05) is 12.1 Å². The van der Waals surface area contributed by atoms with Crippen molar-refractivity contribution < 1.29 is 0 Å². The van der Waals surface area contributed by atoms with Crippen LogP contribution >= 0.6 is 0 Å². The van der Waals surface area contributed by atoms with Gasteiger partial charge in [0, 0.05) is 30.9 Å². The van der Waals surface area contributed by atoms with Crippen LogP contribution in [-0.4, -0.2) is 21.3 Å². The van der Waals surface area contributed by atoms with Crippen molar-refractivity contribution in [3.63, 3.8) is 0 Å². The molecule has 0 saturated heterocycles. The summed E-state index contributed by atoms with van der Waals surface area (Å²) in [5.41, 5.74) is 9.58. The Balaban J connectivity index is 1.62. The van der Waals surface area contributed by atoms with Crippen molar-refractivity contribution in [2.45, 2.75) is 38.1 Å². The fourth-order valence-electron chi connectivity index (χ4n) is 3.27. The van der Waals surface area contributed by atoms with Crippen LogP contribution in [0, 0.1) is 0 Å². The SMILES string of the molecule is Cn1c(CN2CCCc3c(N)cccc32)nnc1C1CC1. The molecule has 0 atom stereocenters. The third-order valence-corrected chi connectivity index (χ3v) is 4.66. The molecule has 2 aliphatic rings. The van der Waals surface area contributed by atoms with Crippen LogP contribution in [0.25, 0.3) is 0 Å². The maximum atomic E-state index is 6.12. The van der Waals surface area contributed by atoms with E-state index in [2.05, 4.69) is 32.8 Å². The van der Waals surface area contributed by atoms with Crippen LogP contribution in [0.4, 0.5) is 11.4 Å². The number of aromatic nitrogens is 3. The summed E-state index contributed by atoms with van der Waals surface area (Å²) in [4.78, 5) is 2.38. The van der Waals surface area contributed by atoms with E-state index in [1.54, 1.807) is 0 Å². The fourth-order valence-corrected chi connectivity index (χ4v) is 3.27. The van der Waals surface area contributed by atoms with Crippen LogP contribution < -0.4 is 10.6 Å². The summed E-state index contributed by atoms with van der Waals surface area (Å²) in [6.07, 6.45) is 4.74. The largest absolute Gasteiger partial charge is 0.398 e. The predicted molar refractivity (Wildman–Crippen MR) is 83.2 cm³/mol. The molecule has 0 radical (unpaired) electrons. The molecule has 1 aromatic heterocycles. The van der Waals surface area contributed by atoms with Crippen molar-refractivity contribution in [1.29, 1.82) is 0 Å². The average Bonchev–Trinajstić information content (AvgIpc) is 3.26. The maximum Gasteiger partial charge on any atom is 0.152 e. The maximum absolute atomic E-state index is 6.12. The second-order valence-electron chi connectivity index (χ2n) is 6.18. The Bertz CT molecular complexity index is 671. The molecule has 0 amide bonds. The van der Waals surface area contributed by atoms with Gasteiger partial charge in [0.15, 0.2) is 5.82 Å². The first-order valence-corrected chi connectivity index (χ1v) is 7.74. The summed E-state index contributed by atoms with van der Waals surface area (Å²) >= 11 is 0. The van der Waals surface area contributed by atoms with E-state index in [4.69, 9.17) is 5.73 Å². The zero-order chi connectivity index (χ0) is 14.4. The van der Waals surface area contributed by atoms with Crippen LogP contribution in [0.2, 0.25) is 0 Å². The number of rotatable bonds is 3. The van der Waals surface area contributed by atoms with Crippen LogP contribution in [0.1, 0.15) is 42.4 Å². The predicted octanol–water partition coefficient (Wildman–Crippen LogP) is 2.23. The van der Waals surface area contributed by atoms with Gasteiger partial charge in [-0.05, 0) is 43.4 Å². The van der Waals surface area contributed by atoms with Crippen LogP contribution in [0.3, 0.4) is 0 Å². The molecule has 110 valence electrons. The van der Waals surface area contributed by atoms with Gasteiger partial charge in [0.1, 0.15) is 5.82 Å². The van der Waals surface area contributed by atoms with Crippen molar-refractivity contribution in [2.24, 2.45) is 7.05 Å². The smallest absolute Gasteiger partial charge is 0.152 e. The lowest BCUT2D eigenvalue weighted by Gasteiger charge is -2.31. The second-order valence-corrected chi connectivity index (χ2v) is 6.18. The van der Waals surface area contributed by atoms with E-state index in [9.17, 15) is 0 Å². The molecule has 2 aromatic rings. The van der Waals surface area contributed by atoms with E-state index in [0.29, 0.717) is 5.92 Å². The van der Waals surface area contributed by atoms with Crippen LogP contribution in [-0.2, 0) is 20.0 Å². The normalized spacial score (nSPS) is 17.9.